The van der Waals surface area contributed by atoms with Crippen LogP contribution in [-0.4, -0.2) is 22.4 Å². The van der Waals surface area contributed by atoms with Crippen LogP contribution >= 0.6 is 0 Å². The van der Waals surface area contributed by atoms with Crippen molar-refractivity contribution in [1.82, 2.24) is 15.1 Å². The SMILES string of the molecule is CCNC(CCc1ccnn1C)C1(C)CCCC1. The largest absolute Gasteiger partial charge is 0.314 e. The first-order valence-electron chi connectivity index (χ1n) is 7.36. The van der Waals surface area contributed by atoms with E-state index in [9.17, 15) is 0 Å². The average Bonchev–Trinajstić information content (AvgIpc) is 2.95. The van der Waals surface area contributed by atoms with Gasteiger partial charge >= 0.3 is 0 Å². The summed E-state index contributed by atoms with van der Waals surface area (Å²) in [6.07, 6.45) is 9.84. The standard InChI is InChI=1S/C15H27N3/c1-4-16-14(15(2)10-5-6-11-15)8-7-13-9-12-17-18(13)3/h9,12,14,16H,4-8,10-11H2,1-3H3. The second kappa shape index (κ2) is 5.87. The molecule has 1 atom stereocenters. The van der Waals surface area contributed by atoms with Gasteiger partial charge in [0.25, 0.3) is 0 Å². The molecular weight excluding hydrogens is 222 g/mol. The number of aryl methyl sites for hydroxylation is 2. The maximum atomic E-state index is 4.25. The minimum atomic E-state index is 0.509. The van der Waals surface area contributed by atoms with E-state index in [1.54, 1.807) is 0 Å². The third-order valence-electron chi connectivity index (χ3n) is 4.65. The Balaban J connectivity index is 1.96. The van der Waals surface area contributed by atoms with Gasteiger partial charge in [-0.1, -0.05) is 26.7 Å². The molecule has 0 aromatic carbocycles. The fourth-order valence-corrected chi connectivity index (χ4v) is 3.41. The zero-order valence-corrected chi connectivity index (χ0v) is 12.1. The molecule has 1 aromatic rings. The summed E-state index contributed by atoms with van der Waals surface area (Å²) in [4.78, 5) is 0. The number of nitrogens with zero attached hydrogens (tertiary/aromatic N) is 2. The molecule has 3 heteroatoms. The van der Waals surface area contributed by atoms with Gasteiger partial charge in [0, 0.05) is 25.0 Å². The molecule has 1 aliphatic rings. The fourth-order valence-electron chi connectivity index (χ4n) is 3.41. The average molecular weight is 249 g/mol. The Kier molecular flexibility index (Phi) is 4.44. The van der Waals surface area contributed by atoms with Crippen molar-refractivity contribution in [2.75, 3.05) is 6.54 Å². The topological polar surface area (TPSA) is 29.9 Å². The third-order valence-corrected chi connectivity index (χ3v) is 4.65. The Morgan fingerprint density at radius 1 is 1.44 bits per heavy atom. The van der Waals surface area contributed by atoms with Crippen LogP contribution in [0.1, 0.15) is 51.6 Å². The zero-order chi connectivity index (χ0) is 13.0. The van der Waals surface area contributed by atoms with Crippen molar-refractivity contribution in [2.24, 2.45) is 12.5 Å². The summed E-state index contributed by atoms with van der Waals surface area (Å²) in [6, 6.07) is 2.79. The van der Waals surface area contributed by atoms with Crippen molar-refractivity contribution in [2.45, 2.75) is 58.4 Å². The van der Waals surface area contributed by atoms with Crippen LogP contribution in [0, 0.1) is 5.41 Å². The summed E-state index contributed by atoms with van der Waals surface area (Å²) < 4.78 is 2.00. The van der Waals surface area contributed by atoms with Crippen molar-refractivity contribution < 1.29 is 0 Å². The third kappa shape index (κ3) is 2.94. The highest BCUT2D eigenvalue weighted by atomic mass is 15.2. The van der Waals surface area contributed by atoms with Crippen molar-refractivity contribution in [3.05, 3.63) is 18.0 Å². The molecule has 0 amide bonds. The number of aromatic nitrogens is 2. The van der Waals surface area contributed by atoms with Gasteiger partial charge in [-0.2, -0.15) is 5.10 Å². The lowest BCUT2D eigenvalue weighted by molar-refractivity contribution is 0.212. The molecule has 1 unspecified atom stereocenters. The van der Waals surface area contributed by atoms with Gasteiger partial charge in [-0.15, -0.1) is 0 Å². The molecule has 1 aromatic heterocycles. The van der Waals surface area contributed by atoms with E-state index in [2.05, 4.69) is 30.3 Å². The van der Waals surface area contributed by atoms with Crippen molar-refractivity contribution in [1.29, 1.82) is 0 Å². The molecule has 0 spiro atoms. The molecule has 0 radical (unpaired) electrons. The minimum Gasteiger partial charge on any atom is -0.314 e. The summed E-state index contributed by atoms with van der Waals surface area (Å²) in [6.45, 7) is 5.76. The Bertz CT molecular complexity index is 364. The van der Waals surface area contributed by atoms with Crippen LogP contribution in [-0.2, 0) is 13.5 Å². The van der Waals surface area contributed by atoms with Crippen molar-refractivity contribution in [3.63, 3.8) is 0 Å². The van der Waals surface area contributed by atoms with Gasteiger partial charge in [0.2, 0.25) is 0 Å². The van der Waals surface area contributed by atoms with Crippen LogP contribution in [0.2, 0.25) is 0 Å². The van der Waals surface area contributed by atoms with Crippen LogP contribution in [0.3, 0.4) is 0 Å². The zero-order valence-electron chi connectivity index (χ0n) is 12.1. The summed E-state index contributed by atoms with van der Waals surface area (Å²) in [5.41, 5.74) is 1.86. The lowest BCUT2D eigenvalue weighted by Gasteiger charge is -2.35. The maximum Gasteiger partial charge on any atom is 0.0492 e. The van der Waals surface area contributed by atoms with E-state index >= 15 is 0 Å². The molecule has 1 aliphatic carbocycles. The number of nitrogens with one attached hydrogen (secondary N) is 1. The fraction of sp³-hybridized carbons (Fsp3) is 0.800. The van der Waals surface area contributed by atoms with Crippen LogP contribution in [0.4, 0.5) is 0 Å². The van der Waals surface area contributed by atoms with Crippen LogP contribution in [0.25, 0.3) is 0 Å². The van der Waals surface area contributed by atoms with E-state index in [0.717, 1.165) is 13.0 Å². The molecule has 18 heavy (non-hydrogen) atoms. The van der Waals surface area contributed by atoms with Gasteiger partial charge in [0.15, 0.2) is 0 Å². The summed E-state index contributed by atoms with van der Waals surface area (Å²) in [7, 11) is 2.04. The predicted octanol–water partition coefficient (Wildman–Crippen LogP) is 2.91. The van der Waals surface area contributed by atoms with Crippen LogP contribution in [0.15, 0.2) is 12.3 Å². The van der Waals surface area contributed by atoms with Gasteiger partial charge in [0.1, 0.15) is 0 Å². The lowest BCUT2D eigenvalue weighted by atomic mass is 9.78. The number of hydrogen-bond acceptors (Lipinski definition) is 2. The van der Waals surface area contributed by atoms with E-state index in [0.29, 0.717) is 11.5 Å². The highest BCUT2D eigenvalue weighted by molar-refractivity contribution is 5.02. The maximum absolute atomic E-state index is 4.25. The Morgan fingerprint density at radius 2 is 2.17 bits per heavy atom. The molecule has 0 aliphatic heterocycles. The van der Waals surface area contributed by atoms with Crippen molar-refractivity contribution in [3.8, 4) is 0 Å². The van der Waals surface area contributed by atoms with Crippen LogP contribution in [0.5, 0.6) is 0 Å². The second-order valence-electron chi connectivity index (χ2n) is 5.96. The molecule has 1 N–H and O–H groups in total. The summed E-state index contributed by atoms with van der Waals surface area (Å²) >= 11 is 0. The quantitative estimate of drug-likeness (QED) is 0.840. The Labute approximate surface area is 111 Å². The summed E-state index contributed by atoms with van der Waals surface area (Å²) in [5, 5.41) is 7.97. The first-order valence-corrected chi connectivity index (χ1v) is 7.36. The molecule has 3 nitrogen and oxygen atoms in total. The molecule has 1 fully saturated rings. The van der Waals surface area contributed by atoms with Gasteiger partial charge in [-0.3, -0.25) is 4.68 Å². The van der Waals surface area contributed by atoms with E-state index in [1.807, 2.05) is 17.9 Å². The summed E-state index contributed by atoms with van der Waals surface area (Å²) in [5.74, 6) is 0. The van der Waals surface area contributed by atoms with Gasteiger partial charge < -0.3 is 5.32 Å². The van der Waals surface area contributed by atoms with Crippen molar-refractivity contribution >= 4 is 0 Å². The van der Waals surface area contributed by atoms with Crippen LogP contribution < -0.4 is 5.32 Å². The van der Waals surface area contributed by atoms with E-state index in [-0.39, 0.29) is 0 Å². The molecule has 1 saturated carbocycles. The first kappa shape index (κ1) is 13.6. The Morgan fingerprint density at radius 3 is 2.72 bits per heavy atom. The van der Waals surface area contributed by atoms with E-state index in [1.165, 1.54) is 37.8 Å². The molecule has 2 rings (SSSR count). The first-order chi connectivity index (χ1) is 8.65. The lowest BCUT2D eigenvalue weighted by Crippen LogP contribution is -2.42. The minimum absolute atomic E-state index is 0.509. The van der Waals surface area contributed by atoms with E-state index < -0.39 is 0 Å². The molecule has 102 valence electrons. The molecule has 0 bridgehead atoms. The van der Waals surface area contributed by atoms with Gasteiger partial charge in [-0.25, -0.2) is 0 Å². The molecule has 1 heterocycles. The molecular formula is C15H27N3. The van der Waals surface area contributed by atoms with E-state index in [4.69, 9.17) is 0 Å². The monoisotopic (exact) mass is 249 g/mol. The highest BCUT2D eigenvalue weighted by Gasteiger charge is 2.36. The normalized spacial score (nSPS) is 20.2. The Hall–Kier alpha value is -0.830. The van der Waals surface area contributed by atoms with Gasteiger partial charge in [0.05, 0.1) is 0 Å². The number of hydrogen-bond donors (Lipinski definition) is 1. The second-order valence-corrected chi connectivity index (χ2v) is 5.96. The highest BCUT2D eigenvalue weighted by Crippen LogP contribution is 2.41. The van der Waals surface area contributed by atoms with Gasteiger partial charge in [-0.05, 0) is 43.7 Å². The number of rotatable bonds is 6. The predicted molar refractivity (Wildman–Crippen MR) is 75.6 cm³/mol. The molecule has 0 saturated heterocycles. The smallest absolute Gasteiger partial charge is 0.0492 e.